The summed E-state index contributed by atoms with van der Waals surface area (Å²) in [5.74, 6) is 0.787. The van der Waals surface area contributed by atoms with Crippen molar-refractivity contribution < 1.29 is 9.53 Å². The van der Waals surface area contributed by atoms with Crippen molar-refractivity contribution in [3.8, 4) is 5.75 Å². The molecule has 0 aliphatic rings. The number of hydrogen-bond donors (Lipinski definition) is 0. The number of benzene rings is 1. The zero-order chi connectivity index (χ0) is 12.8. The number of rotatable bonds is 5. The molecule has 0 unspecified atom stereocenters. The van der Waals surface area contributed by atoms with Gasteiger partial charge in [0.05, 0.1) is 0 Å². The molecular formula is C14H21NO2. The highest BCUT2D eigenvalue weighted by Crippen LogP contribution is 2.14. The Hall–Kier alpha value is -1.51. The molecule has 17 heavy (non-hydrogen) atoms. The predicted octanol–water partition coefficient (Wildman–Crippen LogP) is 2.63. The van der Waals surface area contributed by atoms with Crippen molar-refractivity contribution in [2.45, 2.75) is 33.8 Å². The van der Waals surface area contributed by atoms with Crippen molar-refractivity contribution in [3.05, 3.63) is 29.8 Å². The molecule has 0 saturated heterocycles. The first kappa shape index (κ1) is 13.6. The van der Waals surface area contributed by atoms with E-state index in [1.54, 1.807) is 11.8 Å². The summed E-state index contributed by atoms with van der Waals surface area (Å²) in [6.45, 7) is 9.18. The number of likely N-dealkylation sites (N-methyl/N-ethyl adjacent to an activating group) is 1. The standard InChI is InChI=1S/C14H21NO2/c1-5-15(6-2)14(16)12(4)17-13-9-7-8-11(3)10-13/h7-10,12H,5-6H2,1-4H3/t12-/m0/s1. The minimum atomic E-state index is -0.434. The van der Waals surface area contributed by atoms with E-state index >= 15 is 0 Å². The summed E-state index contributed by atoms with van der Waals surface area (Å²) < 4.78 is 5.65. The zero-order valence-corrected chi connectivity index (χ0v) is 11.1. The lowest BCUT2D eigenvalue weighted by atomic mass is 10.2. The van der Waals surface area contributed by atoms with Gasteiger partial charge in [0.1, 0.15) is 5.75 Å². The summed E-state index contributed by atoms with van der Waals surface area (Å²) >= 11 is 0. The SMILES string of the molecule is CCN(CC)C(=O)[C@H](C)Oc1cccc(C)c1. The molecule has 3 nitrogen and oxygen atoms in total. The lowest BCUT2D eigenvalue weighted by molar-refractivity contribution is -0.137. The van der Waals surface area contributed by atoms with Crippen molar-refractivity contribution in [2.24, 2.45) is 0 Å². The molecule has 0 fully saturated rings. The fourth-order valence-corrected chi connectivity index (χ4v) is 1.74. The number of hydrogen-bond acceptors (Lipinski definition) is 2. The zero-order valence-electron chi connectivity index (χ0n) is 11.1. The minimum absolute atomic E-state index is 0.0384. The van der Waals surface area contributed by atoms with E-state index in [0.717, 1.165) is 24.4 Å². The van der Waals surface area contributed by atoms with Gasteiger partial charge in [-0.15, -0.1) is 0 Å². The monoisotopic (exact) mass is 235 g/mol. The van der Waals surface area contributed by atoms with E-state index in [1.165, 1.54) is 0 Å². The van der Waals surface area contributed by atoms with Crippen molar-refractivity contribution >= 4 is 5.91 Å². The maximum absolute atomic E-state index is 12.0. The summed E-state index contributed by atoms with van der Waals surface area (Å²) in [5.41, 5.74) is 1.13. The van der Waals surface area contributed by atoms with Crippen LogP contribution in [-0.2, 0) is 4.79 Å². The van der Waals surface area contributed by atoms with Gasteiger partial charge in [0, 0.05) is 13.1 Å². The number of carbonyl (C=O) groups excluding carboxylic acids is 1. The van der Waals surface area contributed by atoms with Gasteiger partial charge in [-0.25, -0.2) is 0 Å². The largest absolute Gasteiger partial charge is 0.481 e. The Kier molecular flexibility index (Phi) is 5.01. The van der Waals surface area contributed by atoms with Gasteiger partial charge in [0.15, 0.2) is 6.10 Å². The quantitative estimate of drug-likeness (QED) is 0.785. The van der Waals surface area contributed by atoms with E-state index in [4.69, 9.17) is 4.74 Å². The Morgan fingerprint density at radius 3 is 2.53 bits per heavy atom. The third-order valence-electron chi connectivity index (χ3n) is 2.73. The topological polar surface area (TPSA) is 29.5 Å². The molecule has 0 aromatic heterocycles. The Morgan fingerprint density at radius 1 is 1.35 bits per heavy atom. The fraction of sp³-hybridized carbons (Fsp3) is 0.500. The molecule has 0 spiro atoms. The third kappa shape index (κ3) is 3.77. The summed E-state index contributed by atoms with van der Waals surface area (Å²) in [6, 6.07) is 7.74. The lowest BCUT2D eigenvalue weighted by Crippen LogP contribution is -2.40. The van der Waals surface area contributed by atoms with Crippen molar-refractivity contribution in [1.82, 2.24) is 4.90 Å². The molecule has 1 aromatic rings. The van der Waals surface area contributed by atoms with Crippen LogP contribution < -0.4 is 4.74 Å². The van der Waals surface area contributed by atoms with Crippen LogP contribution in [0.1, 0.15) is 26.3 Å². The molecule has 3 heteroatoms. The summed E-state index contributed by atoms with van der Waals surface area (Å²) in [6.07, 6.45) is -0.434. The second-order valence-corrected chi connectivity index (χ2v) is 4.09. The molecule has 0 bridgehead atoms. The van der Waals surface area contributed by atoms with E-state index in [2.05, 4.69) is 0 Å². The molecule has 0 heterocycles. The average molecular weight is 235 g/mol. The first-order valence-corrected chi connectivity index (χ1v) is 6.10. The van der Waals surface area contributed by atoms with Crippen molar-refractivity contribution in [1.29, 1.82) is 0 Å². The Labute approximate surface area is 103 Å². The van der Waals surface area contributed by atoms with Crippen LogP contribution in [0.15, 0.2) is 24.3 Å². The number of nitrogens with zero attached hydrogens (tertiary/aromatic N) is 1. The number of ether oxygens (including phenoxy) is 1. The molecule has 0 saturated carbocycles. The van der Waals surface area contributed by atoms with Gasteiger partial charge >= 0.3 is 0 Å². The Bertz CT molecular complexity index is 372. The molecule has 1 atom stereocenters. The first-order valence-electron chi connectivity index (χ1n) is 6.10. The van der Waals surface area contributed by atoms with Crippen LogP contribution in [0.2, 0.25) is 0 Å². The van der Waals surface area contributed by atoms with Gasteiger partial charge in [0.25, 0.3) is 5.91 Å². The van der Waals surface area contributed by atoms with E-state index < -0.39 is 6.10 Å². The number of aryl methyl sites for hydroxylation is 1. The van der Waals surface area contributed by atoms with Crippen LogP contribution in [0.4, 0.5) is 0 Å². The van der Waals surface area contributed by atoms with Gasteiger partial charge < -0.3 is 9.64 Å². The smallest absolute Gasteiger partial charge is 0.263 e. The maximum Gasteiger partial charge on any atom is 0.263 e. The summed E-state index contributed by atoms with van der Waals surface area (Å²) in [5, 5.41) is 0. The molecule has 94 valence electrons. The van der Waals surface area contributed by atoms with Gasteiger partial charge in [-0.1, -0.05) is 12.1 Å². The normalized spacial score (nSPS) is 12.0. The summed E-state index contributed by atoms with van der Waals surface area (Å²) in [7, 11) is 0. The minimum Gasteiger partial charge on any atom is -0.481 e. The van der Waals surface area contributed by atoms with Gasteiger partial charge in [0.2, 0.25) is 0 Å². The Balaban J connectivity index is 2.65. The van der Waals surface area contributed by atoms with E-state index in [1.807, 2.05) is 45.0 Å². The highest BCUT2D eigenvalue weighted by Gasteiger charge is 2.19. The molecule has 0 aliphatic carbocycles. The van der Waals surface area contributed by atoms with Gasteiger partial charge in [-0.3, -0.25) is 4.79 Å². The Morgan fingerprint density at radius 2 is 2.00 bits per heavy atom. The summed E-state index contributed by atoms with van der Waals surface area (Å²) in [4.78, 5) is 13.8. The second-order valence-electron chi connectivity index (χ2n) is 4.09. The highest BCUT2D eigenvalue weighted by molar-refractivity contribution is 5.80. The van der Waals surface area contributed by atoms with Crippen LogP contribution in [-0.4, -0.2) is 30.0 Å². The van der Waals surface area contributed by atoms with E-state index in [0.29, 0.717) is 0 Å². The van der Waals surface area contributed by atoms with Crippen LogP contribution in [0, 0.1) is 6.92 Å². The number of carbonyl (C=O) groups is 1. The highest BCUT2D eigenvalue weighted by atomic mass is 16.5. The number of amides is 1. The molecule has 0 radical (unpaired) electrons. The molecule has 0 N–H and O–H groups in total. The fourth-order valence-electron chi connectivity index (χ4n) is 1.74. The van der Waals surface area contributed by atoms with Crippen molar-refractivity contribution in [3.63, 3.8) is 0 Å². The van der Waals surface area contributed by atoms with Crippen LogP contribution in [0.25, 0.3) is 0 Å². The van der Waals surface area contributed by atoms with E-state index in [9.17, 15) is 4.79 Å². The van der Waals surface area contributed by atoms with Crippen LogP contribution >= 0.6 is 0 Å². The van der Waals surface area contributed by atoms with E-state index in [-0.39, 0.29) is 5.91 Å². The molecule has 1 aromatic carbocycles. The predicted molar refractivity (Wildman–Crippen MR) is 69.2 cm³/mol. The third-order valence-corrected chi connectivity index (χ3v) is 2.73. The lowest BCUT2D eigenvalue weighted by Gasteiger charge is -2.23. The average Bonchev–Trinajstić information content (AvgIpc) is 2.30. The first-order chi connectivity index (χ1) is 8.08. The van der Waals surface area contributed by atoms with Gasteiger partial charge in [-0.2, -0.15) is 0 Å². The molecular weight excluding hydrogens is 214 g/mol. The second kappa shape index (κ2) is 6.28. The van der Waals surface area contributed by atoms with Crippen LogP contribution in [0.5, 0.6) is 5.75 Å². The molecule has 1 amide bonds. The molecule has 0 aliphatic heterocycles. The van der Waals surface area contributed by atoms with Crippen LogP contribution in [0.3, 0.4) is 0 Å². The molecule has 1 rings (SSSR count). The maximum atomic E-state index is 12.0. The van der Waals surface area contributed by atoms with Gasteiger partial charge in [-0.05, 0) is 45.4 Å². The van der Waals surface area contributed by atoms with Crippen molar-refractivity contribution in [2.75, 3.05) is 13.1 Å².